The molecule has 0 radical (unpaired) electrons. The third kappa shape index (κ3) is 3.99. The summed E-state index contributed by atoms with van der Waals surface area (Å²) in [6.07, 6.45) is 2.71. The van der Waals surface area contributed by atoms with E-state index in [9.17, 15) is 13.6 Å². The monoisotopic (exact) mass is 287 g/mol. The Bertz CT molecular complexity index is 680. The van der Waals surface area contributed by atoms with E-state index in [0.717, 1.165) is 24.5 Å². The van der Waals surface area contributed by atoms with Gasteiger partial charge in [-0.2, -0.15) is 0 Å². The number of benzene rings is 2. The number of carbonyl (C=O) groups excluding carboxylic acids is 1. The van der Waals surface area contributed by atoms with E-state index in [1.165, 1.54) is 17.7 Å². The maximum absolute atomic E-state index is 12.3. The van der Waals surface area contributed by atoms with Gasteiger partial charge in [-0.25, -0.2) is 8.78 Å². The van der Waals surface area contributed by atoms with Gasteiger partial charge in [0.2, 0.25) is 0 Å². The fourth-order valence-corrected chi connectivity index (χ4v) is 1.89. The van der Waals surface area contributed by atoms with Crippen LogP contribution in [0.25, 0.3) is 6.08 Å². The molecule has 1 N–H and O–H groups in total. The third-order valence-electron chi connectivity index (χ3n) is 3.11. The Kier molecular flexibility index (Phi) is 4.82. The zero-order chi connectivity index (χ0) is 15.2. The van der Waals surface area contributed by atoms with Gasteiger partial charge in [0.05, 0.1) is 5.70 Å². The highest BCUT2D eigenvalue weighted by atomic mass is 19.1. The van der Waals surface area contributed by atoms with E-state index in [2.05, 4.69) is 11.4 Å². The number of rotatable bonds is 1. The number of allylic oxidation sites excluding steroid dienone is 1. The standard InChI is InChI=1S/C10H9NO.C7H6F2/c12-7-10-5-8-3-1-2-4-9(8)6-11-10;1-5-2-3-6(8)4-7(5)9/h1-5,7,11H,6H2;2-4H,1H3. The first-order chi connectivity index (χ1) is 10.1. The van der Waals surface area contributed by atoms with Gasteiger partial charge >= 0.3 is 0 Å². The molecule has 0 spiro atoms. The summed E-state index contributed by atoms with van der Waals surface area (Å²) in [7, 11) is 0. The highest BCUT2D eigenvalue weighted by Gasteiger charge is 2.06. The summed E-state index contributed by atoms with van der Waals surface area (Å²) in [5, 5.41) is 3.02. The molecule has 1 aliphatic heterocycles. The predicted octanol–water partition coefficient (Wildman–Crippen LogP) is 3.60. The summed E-state index contributed by atoms with van der Waals surface area (Å²) in [5.41, 5.74) is 3.51. The average Bonchev–Trinajstić information content (AvgIpc) is 2.51. The van der Waals surface area contributed by atoms with Crippen LogP contribution in [0, 0.1) is 18.6 Å². The number of nitrogens with one attached hydrogen (secondary N) is 1. The smallest absolute Gasteiger partial charge is 0.165 e. The molecule has 1 heterocycles. The van der Waals surface area contributed by atoms with Gasteiger partial charge < -0.3 is 5.32 Å². The van der Waals surface area contributed by atoms with Crippen LogP contribution in [0.4, 0.5) is 8.78 Å². The summed E-state index contributed by atoms with van der Waals surface area (Å²) in [6, 6.07) is 11.6. The van der Waals surface area contributed by atoms with Crippen molar-refractivity contribution in [3.05, 3.63) is 76.5 Å². The quantitative estimate of drug-likeness (QED) is 0.812. The molecule has 2 aromatic carbocycles. The van der Waals surface area contributed by atoms with Crippen LogP contribution in [0.3, 0.4) is 0 Å². The van der Waals surface area contributed by atoms with Gasteiger partial charge in [0.25, 0.3) is 0 Å². The van der Waals surface area contributed by atoms with Gasteiger partial charge in [0.1, 0.15) is 11.6 Å². The van der Waals surface area contributed by atoms with Crippen LogP contribution in [0.15, 0.2) is 48.2 Å². The van der Waals surface area contributed by atoms with E-state index in [1.807, 2.05) is 24.3 Å². The van der Waals surface area contributed by atoms with E-state index >= 15 is 0 Å². The van der Waals surface area contributed by atoms with Crippen molar-refractivity contribution < 1.29 is 13.6 Å². The molecule has 0 atom stereocenters. The maximum atomic E-state index is 12.3. The van der Waals surface area contributed by atoms with Crippen molar-refractivity contribution in [3.8, 4) is 0 Å². The molecule has 0 fully saturated rings. The number of aldehydes is 1. The number of halogens is 2. The zero-order valence-corrected chi connectivity index (χ0v) is 11.6. The molecule has 0 aliphatic carbocycles. The van der Waals surface area contributed by atoms with Crippen LogP contribution in [0.1, 0.15) is 16.7 Å². The van der Waals surface area contributed by atoms with Gasteiger partial charge in [-0.3, -0.25) is 4.79 Å². The van der Waals surface area contributed by atoms with Crippen molar-refractivity contribution in [1.29, 1.82) is 0 Å². The van der Waals surface area contributed by atoms with Gasteiger partial charge in [-0.05, 0) is 35.8 Å². The van der Waals surface area contributed by atoms with Crippen molar-refractivity contribution in [2.45, 2.75) is 13.5 Å². The second kappa shape index (κ2) is 6.79. The summed E-state index contributed by atoms with van der Waals surface area (Å²) >= 11 is 0. The van der Waals surface area contributed by atoms with Gasteiger partial charge in [0, 0.05) is 12.6 Å². The first-order valence-corrected chi connectivity index (χ1v) is 6.50. The minimum atomic E-state index is -0.530. The molecule has 21 heavy (non-hydrogen) atoms. The lowest BCUT2D eigenvalue weighted by molar-refractivity contribution is -0.105. The van der Waals surface area contributed by atoms with E-state index in [0.29, 0.717) is 11.3 Å². The minimum Gasteiger partial charge on any atom is -0.378 e. The van der Waals surface area contributed by atoms with Crippen molar-refractivity contribution in [2.24, 2.45) is 0 Å². The largest absolute Gasteiger partial charge is 0.378 e. The highest BCUT2D eigenvalue weighted by molar-refractivity contribution is 5.82. The summed E-state index contributed by atoms with van der Waals surface area (Å²) in [5.74, 6) is -1.02. The second-order valence-electron chi connectivity index (χ2n) is 4.66. The SMILES string of the molecule is Cc1ccc(F)cc1F.O=CC1=Cc2ccccc2CN1. The molecule has 0 bridgehead atoms. The number of hydrogen-bond donors (Lipinski definition) is 1. The maximum Gasteiger partial charge on any atom is 0.165 e. The lowest BCUT2D eigenvalue weighted by atomic mass is 10.0. The Labute approximate surface area is 122 Å². The molecule has 0 saturated carbocycles. The van der Waals surface area contributed by atoms with Crippen molar-refractivity contribution in [3.63, 3.8) is 0 Å². The lowest BCUT2D eigenvalue weighted by Crippen LogP contribution is -2.18. The average molecular weight is 287 g/mol. The zero-order valence-electron chi connectivity index (χ0n) is 11.6. The summed E-state index contributed by atoms with van der Waals surface area (Å²) in [6.45, 7) is 2.34. The van der Waals surface area contributed by atoms with Crippen LogP contribution in [0.2, 0.25) is 0 Å². The minimum absolute atomic E-state index is 0.469. The van der Waals surface area contributed by atoms with E-state index in [-0.39, 0.29) is 0 Å². The topological polar surface area (TPSA) is 29.1 Å². The molecule has 0 amide bonds. The first kappa shape index (κ1) is 14.9. The molecule has 0 aromatic heterocycles. The fourth-order valence-electron chi connectivity index (χ4n) is 1.89. The van der Waals surface area contributed by atoms with Gasteiger partial charge in [-0.15, -0.1) is 0 Å². The number of aryl methyl sites for hydroxylation is 1. The molecule has 2 aromatic rings. The lowest BCUT2D eigenvalue weighted by Gasteiger charge is -2.14. The van der Waals surface area contributed by atoms with Crippen LogP contribution in [0.5, 0.6) is 0 Å². The molecule has 3 rings (SSSR count). The number of hydrogen-bond acceptors (Lipinski definition) is 2. The molecule has 2 nitrogen and oxygen atoms in total. The van der Waals surface area contributed by atoms with Crippen LogP contribution >= 0.6 is 0 Å². The molecular formula is C17H15F2NO. The Hall–Kier alpha value is -2.49. The predicted molar refractivity (Wildman–Crippen MR) is 78.4 cm³/mol. The van der Waals surface area contributed by atoms with E-state index < -0.39 is 11.6 Å². The Morgan fingerprint density at radius 1 is 1.14 bits per heavy atom. The fraction of sp³-hybridized carbons (Fsp3) is 0.118. The number of carbonyl (C=O) groups is 1. The summed E-state index contributed by atoms with van der Waals surface area (Å²) in [4.78, 5) is 10.4. The van der Waals surface area contributed by atoms with Crippen molar-refractivity contribution in [2.75, 3.05) is 0 Å². The third-order valence-corrected chi connectivity index (χ3v) is 3.11. The van der Waals surface area contributed by atoms with Crippen LogP contribution in [-0.2, 0) is 11.3 Å². The van der Waals surface area contributed by atoms with Crippen molar-refractivity contribution in [1.82, 2.24) is 5.32 Å². The van der Waals surface area contributed by atoms with Crippen LogP contribution < -0.4 is 5.32 Å². The molecular weight excluding hydrogens is 272 g/mol. The first-order valence-electron chi connectivity index (χ1n) is 6.50. The number of fused-ring (bicyclic) bond motifs is 1. The highest BCUT2D eigenvalue weighted by Crippen LogP contribution is 2.15. The Morgan fingerprint density at radius 2 is 1.90 bits per heavy atom. The van der Waals surface area contributed by atoms with Gasteiger partial charge in [0.15, 0.2) is 6.29 Å². The Morgan fingerprint density at radius 3 is 2.57 bits per heavy atom. The van der Waals surface area contributed by atoms with Crippen molar-refractivity contribution >= 4 is 12.4 Å². The molecule has 108 valence electrons. The van der Waals surface area contributed by atoms with E-state index in [1.54, 1.807) is 6.92 Å². The molecule has 1 aliphatic rings. The molecule has 0 unspecified atom stereocenters. The van der Waals surface area contributed by atoms with Gasteiger partial charge in [-0.1, -0.05) is 30.3 Å². The Balaban J connectivity index is 0.000000161. The van der Waals surface area contributed by atoms with E-state index in [4.69, 9.17) is 0 Å². The molecule has 0 saturated heterocycles. The summed E-state index contributed by atoms with van der Waals surface area (Å²) < 4.78 is 24.4. The molecule has 4 heteroatoms. The van der Waals surface area contributed by atoms with Crippen LogP contribution in [-0.4, -0.2) is 6.29 Å². The normalized spacial score (nSPS) is 12.2. The second-order valence-corrected chi connectivity index (χ2v) is 4.66.